The lowest BCUT2D eigenvalue weighted by atomic mass is 9.93. The van der Waals surface area contributed by atoms with E-state index in [2.05, 4.69) is 20.4 Å². The largest absolute Gasteiger partial charge is 0.416 e. The van der Waals surface area contributed by atoms with Gasteiger partial charge in [0.1, 0.15) is 0 Å². The number of rotatable bonds is 6. The van der Waals surface area contributed by atoms with Crippen molar-refractivity contribution in [1.29, 1.82) is 0 Å². The lowest BCUT2D eigenvalue weighted by Gasteiger charge is -2.25. The van der Waals surface area contributed by atoms with E-state index in [4.69, 9.17) is 0 Å². The van der Waals surface area contributed by atoms with Gasteiger partial charge in [-0.2, -0.15) is 18.3 Å². The van der Waals surface area contributed by atoms with Crippen LogP contribution in [-0.4, -0.2) is 32.1 Å². The van der Waals surface area contributed by atoms with Gasteiger partial charge in [-0.25, -0.2) is 22.4 Å². The number of alkyl halides is 3. The number of hydrogen-bond acceptors (Lipinski definition) is 6. The lowest BCUT2D eigenvalue weighted by molar-refractivity contribution is -0.137. The zero-order valence-electron chi connectivity index (χ0n) is 20.7. The van der Waals surface area contributed by atoms with E-state index in [1.807, 2.05) is 24.0 Å². The molecule has 1 aliphatic carbocycles. The van der Waals surface area contributed by atoms with Gasteiger partial charge < -0.3 is 5.32 Å². The Morgan fingerprint density at radius 1 is 1.03 bits per heavy atom. The summed E-state index contributed by atoms with van der Waals surface area (Å²) in [6, 6.07) is 10.6. The molecule has 2 aromatic carbocycles. The number of anilines is 2. The highest BCUT2D eigenvalue weighted by molar-refractivity contribution is 7.90. The maximum absolute atomic E-state index is 13.2. The van der Waals surface area contributed by atoms with Crippen LogP contribution in [-0.2, 0) is 16.2 Å². The predicted octanol–water partition coefficient (Wildman–Crippen LogP) is 6.33. The van der Waals surface area contributed by atoms with Crippen LogP contribution in [0.2, 0.25) is 0 Å². The second kappa shape index (κ2) is 9.23. The molecule has 1 fully saturated rings. The molecule has 0 unspecified atom stereocenters. The normalized spacial score (nSPS) is 14.5. The zero-order valence-corrected chi connectivity index (χ0v) is 21.5. The Bertz CT molecular complexity index is 1790. The number of aromatic nitrogens is 5. The fraction of sp³-hybridized carbons (Fsp3) is 0.222. The Morgan fingerprint density at radius 3 is 2.49 bits per heavy atom. The van der Waals surface area contributed by atoms with Gasteiger partial charge in [-0.15, -0.1) is 0 Å². The van der Waals surface area contributed by atoms with Crippen LogP contribution >= 0.6 is 0 Å². The minimum atomic E-state index is -4.55. The van der Waals surface area contributed by atoms with Crippen molar-refractivity contribution < 1.29 is 21.6 Å². The average Bonchev–Trinajstić information content (AvgIpc) is 3.51. The van der Waals surface area contributed by atoms with Crippen LogP contribution in [0.3, 0.4) is 0 Å². The van der Waals surface area contributed by atoms with Gasteiger partial charge in [0.25, 0.3) is 10.0 Å². The smallest absolute Gasteiger partial charge is 0.324 e. The molecular weight excluding hydrogens is 529 g/mol. The summed E-state index contributed by atoms with van der Waals surface area (Å²) < 4.78 is 68.0. The molecule has 8 nitrogen and oxygen atoms in total. The molecule has 0 amide bonds. The zero-order chi connectivity index (χ0) is 27.4. The molecular formula is C27H23F3N6O2S. The number of benzene rings is 2. The highest BCUT2D eigenvalue weighted by atomic mass is 32.2. The summed E-state index contributed by atoms with van der Waals surface area (Å²) in [6.07, 6.45) is 5.86. The molecule has 39 heavy (non-hydrogen) atoms. The summed E-state index contributed by atoms with van der Waals surface area (Å²) in [6.45, 7) is 1.94. The van der Waals surface area contributed by atoms with Crippen LogP contribution in [0, 0.1) is 6.92 Å². The van der Waals surface area contributed by atoms with E-state index < -0.39 is 21.8 Å². The number of halogens is 3. The lowest BCUT2D eigenvalue weighted by Crippen LogP contribution is -2.16. The second-order valence-electron chi connectivity index (χ2n) is 9.56. The van der Waals surface area contributed by atoms with Crippen molar-refractivity contribution in [3.63, 3.8) is 0 Å². The quantitative estimate of drug-likeness (QED) is 0.265. The van der Waals surface area contributed by atoms with Crippen LogP contribution in [0.1, 0.15) is 36.4 Å². The van der Waals surface area contributed by atoms with Gasteiger partial charge in [-0.3, -0.25) is 4.68 Å². The van der Waals surface area contributed by atoms with Gasteiger partial charge in [-0.05, 0) is 80.3 Å². The van der Waals surface area contributed by atoms with Crippen LogP contribution in [0.5, 0.6) is 0 Å². The van der Waals surface area contributed by atoms with E-state index in [-0.39, 0.29) is 4.90 Å². The molecule has 200 valence electrons. The maximum atomic E-state index is 13.2. The molecule has 3 aromatic heterocycles. The highest BCUT2D eigenvalue weighted by Gasteiger charge is 2.31. The van der Waals surface area contributed by atoms with Crippen molar-refractivity contribution in [2.24, 2.45) is 0 Å². The van der Waals surface area contributed by atoms with Gasteiger partial charge in [0, 0.05) is 35.2 Å². The van der Waals surface area contributed by atoms with E-state index >= 15 is 0 Å². The van der Waals surface area contributed by atoms with E-state index in [1.54, 1.807) is 30.5 Å². The fourth-order valence-electron chi connectivity index (χ4n) is 4.57. The minimum Gasteiger partial charge on any atom is -0.324 e. The Kier molecular flexibility index (Phi) is 5.94. The van der Waals surface area contributed by atoms with Gasteiger partial charge in [0.2, 0.25) is 5.95 Å². The Labute approximate surface area is 222 Å². The summed E-state index contributed by atoms with van der Waals surface area (Å²) >= 11 is 0. The monoisotopic (exact) mass is 552 g/mol. The summed E-state index contributed by atoms with van der Waals surface area (Å²) in [4.78, 5) is 8.83. The fourth-order valence-corrected chi connectivity index (χ4v) is 5.92. The molecule has 12 heteroatoms. The molecule has 0 atom stereocenters. The first kappa shape index (κ1) is 25.1. The minimum absolute atomic E-state index is 0.239. The van der Waals surface area contributed by atoms with Crippen molar-refractivity contribution in [2.45, 2.75) is 43.3 Å². The number of nitrogens with one attached hydrogen (secondary N) is 1. The first-order valence-corrected chi connectivity index (χ1v) is 13.7. The number of nitrogens with zero attached hydrogens (tertiary/aromatic N) is 5. The molecule has 0 spiro atoms. The first-order valence-electron chi connectivity index (χ1n) is 12.3. The molecule has 0 aliphatic heterocycles. The number of fused-ring (bicyclic) bond motifs is 1. The van der Waals surface area contributed by atoms with Crippen LogP contribution < -0.4 is 5.32 Å². The van der Waals surface area contributed by atoms with E-state index in [1.165, 1.54) is 12.6 Å². The van der Waals surface area contributed by atoms with Crippen LogP contribution in [0.4, 0.5) is 24.8 Å². The van der Waals surface area contributed by atoms with Crippen LogP contribution in [0.15, 0.2) is 78.2 Å². The third kappa shape index (κ3) is 4.65. The van der Waals surface area contributed by atoms with Crippen molar-refractivity contribution in [2.75, 3.05) is 5.32 Å². The summed E-state index contributed by atoms with van der Waals surface area (Å²) in [5.41, 5.74) is 2.71. The third-order valence-corrected chi connectivity index (χ3v) is 8.65. The van der Waals surface area contributed by atoms with E-state index in [0.717, 1.165) is 57.9 Å². The molecule has 0 saturated heterocycles. The molecule has 5 aromatic rings. The van der Waals surface area contributed by atoms with E-state index in [9.17, 15) is 21.6 Å². The van der Waals surface area contributed by atoms with Gasteiger partial charge >= 0.3 is 6.18 Å². The van der Waals surface area contributed by atoms with Crippen molar-refractivity contribution in [3.8, 4) is 11.3 Å². The molecule has 1 N–H and O–H groups in total. The SMILES string of the molecule is Cc1cnc(Nc2ccc3c(ccn3S(=O)(=O)c3ccc(C(F)(F)F)cc3)c2)nc1-c1cnn(C2CCC2)c1. The molecule has 1 saturated carbocycles. The second-order valence-corrected chi connectivity index (χ2v) is 11.4. The first-order chi connectivity index (χ1) is 18.6. The van der Waals surface area contributed by atoms with Crippen LogP contribution in [0.25, 0.3) is 22.2 Å². The molecule has 3 heterocycles. The number of hydrogen-bond donors (Lipinski definition) is 1. The van der Waals surface area contributed by atoms with Gasteiger partial charge in [0.15, 0.2) is 0 Å². The standard InChI is InChI=1S/C27H23F3N6O2S/c1-17-14-31-26(34-25(17)19-15-32-35(16-19)22-3-2-4-22)33-21-7-10-24-18(13-21)11-12-36(24)39(37,38)23-8-5-20(6-9-23)27(28,29)30/h5-16,22H,2-4H2,1H3,(H,31,33,34). The highest BCUT2D eigenvalue weighted by Crippen LogP contribution is 2.33. The number of aryl methyl sites for hydroxylation is 1. The molecule has 6 rings (SSSR count). The Morgan fingerprint density at radius 2 is 1.79 bits per heavy atom. The average molecular weight is 553 g/mol. The topological polar surface area (TPSA) is 94.7 Å². The van der Waals surface area contributed by atoms with Crippen molar-refractivity contribution >= 4 is 32.6 Å². The van der Waals surface area contributed by atoms with Gasteiger partial charge in [0.05, 0.1) is 33.9 Å². The summed E-state index contributed by atoms with van der Waals surface area (Å²) in [5.74, 6) is 0.378. The van der Waals surface area contributed by atoms with Crippen molar-refractivity contribution in [1.82, 2.24) is 23.7 Å². The molecule has 1 aliphatic rings. The predicted molar refractivity (Wildman–Crippen MR) is 140 cm³/mol. The molecule has 0 bridgehead atoms. The van der Waals surface area contributed by atoms with Crippen molar-refractivity contribution in [3.05, 3.63) is 84.4 Å². The maximum Gasteiger partial charge on any atom is 0.416 e. The Hall–Kier alpha value is -4.19. The van der Waals surface area contributed by atoms with E-state index in [0.29, 0.717) is 28.6 Å². The molecule has 0 radical (unpaired) electrons. The third-order valence-electron chi connectivity index (χ3n) is 6.94. The summed E-state index contributed by atoms with van der Waals surface area (Å²) in [7, 11) is -4.10. The Balaban J connectivity index is 1.26. The summed E-state index contributed by atoms with van der Waals surface area (Å²) in [5, 5.41) is 8.28. The van der Waals surface area contributed by atoms with Gasteiger partial charge in [-0.1, -0.05) is 0 Å².